The zero-order chi connectivity index (χ0) is 27.5. The Labute approximate surface area is 237 Å². The lowest BCUT2D eigenvalue weighted by molar-refractivity contribution is -0.141. The lowest BCUT2D eigenvalue weighted by Crippen LogP contribution is -2.50. The van der Waals surface area contributed by atoms with Crippen molar-refractivity contribution in [1.29, 1.82) is 0 Å². The monoisotopic (exact) mass is 552 g/mol. The lowest BCUT2D eigenvalue weighted by Gasteiger charge is -2.32. The molecule has 0 spiro atoms. The summed E-state index contributed by atoms with van der Waals surface area (Å²) in [5.74, 6) is 0.173. The number of carbonyl (C=O) groups is 2. The largest absolute Gasteiger partial charge is 0.354 e. The van der Waals surface area contributed by atoms with Crippen LogP contribution in [0.3, 0.4) is 0 Å². The lowest BCUT2D eigenvalue weighted by atomic mass is 9.99. The van der Waals surface area contributed by atoms with E-state index in [0.717, 1.165) is 24.0 Å². The SMILES string of the molecule is CCCCNC(=O)C(Cc1ccccc1)N(Cc1c(Cl)cccc1Cl)C(=O)CCc1ccc(C(C)C)cc1. The number of unbranched alkanes of at least 4 members (excludes halogenated alkanes) is 1. The molecular formula is C32H38Cl2N2O2. The minimum Gasteiger partial charge on any atom is -0.354 e. The van der Waals surface area contributed by atoms with Gasteiger partial charge in [0.1, 0.15) is 6.04 Å². The van der Waals surface area contributed by atoms with Crippen molar-refractivity contribution in [2.24, 2.45) is 0 Å². The molecule has 3 rings (SSSR count). The molecule has 0 saturated heterocycles. The number of benzene rings is 3. The van der Waals surface area contributed by atoms with Gasteiger partial charge in [0.2, 0.25) is 11.8 Å². The van der Waals surface area contributed by atoms with Gasteiger partial charge >= 0.3 is 0 Å². The van der Waals surface area contributed by atoms with Crippen LogP contribution < -0.4 is 5.32 Å². The van der Waals surface area contributed by atoms with Gasteiger partial charge in [0.25, 0.3) is 0 Å². The third-order valence-electron chi connectivity index (χ3n) is 6.76. The van der Waals surface area contributed by atoms with Crippen molar-refractivity contribution >= 4 is 35.0 Å². The minimum atomic E-state index is -0.697. The molecule has 0 fully saturated rings. The van der Waals surface area contributed by atoms with Crippen LogP contribution in [0, 0.1) is 0 Å². The first kappa shape index (κ1) is 29.7. The van der Waals surface area contributed by atoms with Crippen molar-refractivity contribution in [3.8, 4) is 0 Å². The van der Waals surface area contributed by atoms with E-state index in [1.807, 2.05) is 30.3 Å². The Bertz CT molecular complexity index is 1160. The number of hydrogen-bond acceptors (Lipinski definition) is 2. The molecule has 1 unspecified atom stereocenters. The average molecular weight is 554 g/mol. The Hall–Kier alpha value is -2.82. The summed E-state index contributed by atoms with van der Waals surface area (Å²) in [4.78, 5) is 29.0. The molecule has 38 heavy (non-hydrogen) atoms. The van der Waals surface area contributed by atoms with Crippen molar-refractivity contribution in [1.82, 2.24) is 10.2 Å². The fraction of sp³-hybridized carbons (Fsp3) is 0.375. The van der Waals surface area contributed by atoms with E-state index in [0.29, 0.717) is 40.9 Å². The number of rotatable bonds is 13. The summed E-state index contributed by atoms with van der Waals surface area (Å²) in [6.07, 6.45) is 3.10. The van der Waals surface area contributed by atoms with Crippen molar-refractivity contribution in [2.45, 2.75) is 71.4 Å². The van der Waals surface area contributed by atoms with Crippen LogP contribution in [0.25, 0.3) is 0 Å². The summed E-state index contributed by atoms with van der Waals surface area (Å²) >= 11 is 13.0. The Morgan fingerprint density at radius 2 is 1.53 bits per heavy atom. The highest BCUT2D eigenvalue weighted by Crippen LogP contribution is 2.28. The summed E-state index contributed by atoms with van der Waals surface area (Å²) < 4.78 is 0. The van der Waals surface area contributed by atoms with Crippen LogP contribution in [0.15, 0.2) is 72.8 Å². The van der Waals surface area contributed by atoms with Crippen LogP contribution in [0.1, 0.15) is 68.2 Å². The predicted molar refractivity (Wildman–Crippen MR) is 158 cm³/mol. The fourth-order valence-corrected chi connectivity index (χ4v) is 4.89. The van der Waals surface area contributed by atoms with Crippen LogP contribution in [-0.4, -0.2) is 29.3 Å². The van der Waals surface area contributed by atoms with Gasteiger partial charge in [-0.3, -0.25) is 9.59 Å². The second kappa shape index (κ2) is 14.9. The van der Waals surface area contributed by atoms with E-state index in [1.165, 1.54) is 5.56 Å². The Balaban J connectivity index is 1.91. The second-order valence-corrected chi connectivity index (χ2v) is 10.8. The van der Waals surface area contributed by atoms with E-state index in [1.54, 1.807) is 23.1 Å². The van der Waals surface area contributed by atoms with E-state index in [4.69, 9.17) is 23.2 Å². The third-order valence-corrected chi connectivity index (χ3v) is 7.47. The summed E-state index contributed by atoms with van der Waals surface area (Å²) in [7, 11) is 0. The molecule has 2 amide bonds. The number of amides is 2. The summed E-state index contributed by atoms with van der Waals surface area (Å²) in [6.45, 7) is 7.12. The predicted octanol–water partition coefficient (Wildman–Crippen LogP) is 7.61. The molecular weight excluding hydrogens is 515 g/mol. The number of nitrogens with one attached hydrogen (secondary N) is 1. The molecule has 202 valence electrons. The van der Waals surface area contributed by atoms with E-state index >= 15 is 0 Å². The molecule has 0 aliphatic heterocycles. The topological polar surface area (TPSA) is 49.4 Å². The maximum Gasteiger partial charge on any atom is 0.243 e. The summed E-state index contributed by atoms with van der Waals surface area (Å²) in [5.41, 5.74) is 3.98. The molecule has 0 saturated carbocycles. The third kappa shape index (κ3) is 8.61. The second-order valence-electron chi connectivity index (χ2n) is 9.97. The smallest absolute Gasteiger partial charge is 0.243 e. The number of nitrogens with zero attached hydrogens (tertiary/aromatic N) is 1. The van der Waals surface area contributed by atoms with Crippen LogP contribution >= 0.6 is 23.2 Å². The molecule has 0 aliphatic carbocycles. The first-order valence-electron chi connectivity index (χ1n) is 13.4. The average Bonchev–Trinajstić information content (AvgIpc) is 2.91. The van der Waals surface area contributed by atoms with Gasteiger partial charge in [0.05, 0.1) is 0 Å². The molecule has 3 aromatic rings. The van der Waals surface area contributed by atoms with Crippen molar-refractivity contribution in [2.75, 3.05) is 6.54 Å². The first-order valence-corrected chi connectivity index (χ1v) is 14.2. The van der Waals surface area contributed by atoms with Gasteiger partial charge in [0.15, 0.2) is 0 Å². The van der Waals surface area contributed by atoms with Gasteiger partial charge in [-0.25, -0.2) is 0 Å². The first-order chi connectivity index (χ1) is 18.3. The van der Waals surface area contributed by atoms with Crippen LogP contribution in [0.5, 0.6) is 0 Å². The van der Waals surface area contributed by atoms with E-state index in [2.05, 4.69) is 50.4 Å². The highest BCUT2D eigenvalue weighted by atomic mass is 35.5. The fourth-order valence-electron chi connectivity index (χ4n) is 4.38. The van der Waals surface area contributed by atoms with E-state index in [9.17, 15) is 9.59 Å². The highest BCUT2D eigenvalue weighted by molar-refractivity contribution is 6.36. The minimum absolute atomic E-state index is 0.111. The number of halogens is 2. The van der Waals surface area contributed by atoms with Gasteiger partial charge in [-0.15, -0.1) is 0 Å². The van der Waals surface area contributed by atoms with Crippen molar-refractivity contribution in [3.05, 3.63) is 105 Å². The molecule has 0 aliphatic rings. The molecule has 0 heterocycles. The molecule has 0 radical (unpaired) electrons. The standard InChI is InChI=1S/C32H38Cl2N2O2/c1-4-5-20-35-32(38)30(21-25-10-7-6-8-11-25)36(22-27-28(33)12-9-13-29(27)34)31(37)19-16-24-14-17-26(18-15-24)23(2)3/h6-15,17-18,23,30H,4-5,16,19-22H2,1-3H3,(H,35,38). The van der Waals surface area contributed by atoms with Gasteiger partial charge in [-0.1, -0.05) is 111 Å². The molecule has 0 aromatic heterocycles. The quantitative estimate of drug-likeness (QED) is 0.222. The molecule has 1 atom stereocenters. The Morgan fingerprint density at radius 1 is 0.868 bits per heavy atom. The van der Waals surface area contributed by atoms with Crippen LogP contribution in [-0.2, 0) is 29.0 Å². The summed E-state index contributed by atoms with van der Waals surface area (Å²) in [6, 6.07) is 22.8. The number of hydrogen-bond donors (Lipinski definition) is 1. The van der Waals surface area contributed by atoms with Crippen molar-refractivity contribution < 1.29 is 9.59 Å². The highest BCUT2D eigenvalue weighted by Gasteiger charge is 2.31. The van der Waals surface area contributed by atoms with Gasteiger partial charge in [-0.05, 0) is 47.6 Å². The van der Waals surface area contributed by atoms with E-state index < -0.39 is 6.04 Å². The zero-order valence-electron chi connectivity index (χ0n) is 22.6. The Kier molecular flexibility index (Phi) is 11.7. The maximum atomic E-state index is 13.8. The zero-order valence-corrected chi connectivity index (χ0v) is 24.1. The van der Waals surface area contributed by atoms with Gasteiger partial charge in [-0.2, -0.15) is 0 Å². The van der Waals surface area contributed by atoms with Gasteiger partial charge in [0, 0.05) is 41.5 Å². The molecule has 3 aromatic carbocycles. The van der Waals surface area contributed by atoms with Crippen molar-refractivity contribution in [3.63, 3.8) is 0 Å². The molecule has 6 heteroatoms. The molecule has 1 N–H and O–H groups in total. The summed E-state index contributed by atoms with van der Waals surface area (Å²) in [5, 5.41) is 4.00. The molecule has 0 bridgehead atoms. The van der Waals surface area contributed by atoms with Gasteiger partial charge < -0.3 is 10.2 Å². The number of carbonyl (C=O) groups excluding carboxylic acids is 2. The maximum absolute atomic E-state index is 13.8. The van der Waals surface area contributed by atoms with Crippen LogP contribution in [0.4, 0.5) is 0 Å². The van der Waals surface area contributed by atoms with E-state index in [-0.39, 0.29) is 24.8 Å². The molecule has 4 nitrogen and oxygen atoms in total. The number of aryl methyl sites for hydroxylation is 1. The normalized spacial score (nSPS) is 11.8. The van der Waals surface area contributed by atoms with Crippen LogP contribution in [0.2, 0.25) is 10.0 Å². The Morgan fingerprint density at radius 3 is 2.13 bits per heavy atom.